The number of aliphatic hydroxyl groups excluding tert-OH is 1. The van der Waals surface area contributed by atoms with Crippen LogP contribution in [0.1, 0.15) is 30.7 Å². The molecule has 0 aliphatic carbocycles. The molecule has 0 aliphatic rings. The van der Waals surface area contributed by atoms with Crippen LogP contribution in [0.25, 0.3) is 11.3 Å². The van der Waals surface area contributed by atoms with Crippen LogP contribution in [0.3, 0.4) is 0 Å². The van der Waals surface area contributed by atoms with E-state index in [0.717, 1.165) is 23.5 Å². The Morgan fingerprint density at radius 2 is 2.00 bits per heavy atom. The third kappa shape index (κ3) is 2.56. The fourth-order valence-electron chi connectivity index (χ4n) is 1.83. The quantitative estimate of drug-likeness (QED) is 0.848. The van der Waals surface area contributed by atoms with Crippen LogP contribution in [0.4, 0.5) is 0 Å². The van der Waals surface area contributed by atoms with E-state index in [1.165, 1.54) is 5.56 Å². The number of hydrogen-bond acceptors (Lipinski definition) is 2. The van der Waals surface area contributed by atoms with E-state index in [4.69, 9.17) is 0 Å². The second kappa shape index (κ2) is 5.15. The van der Waals surface area contributed by atoms with Gasteiger partial charge in [-0.3, -0.25) is 0 Å². The number of benzene rings is 1. The highest BCUT2D eigenvalue weighted by Gasteiger charge is 2.12. The maximum Gasteiger partial charge on any atom is 0.111 e. The van der Waals surface area contributed by atoms with Gasteiger partial charge in [-0.15, -0.1) is 0 Å². The topological polar surface area (TPSA) is 48.9 Å². The number of nitrogens with zero attached hydrogens (tertiary/aromatic N) is 1. The first kappa shape index (κ1) is 11.9. The van der Waals surface area contributed by atoms with Gasteiger partial charge in [0.1, 0.15) is 5.82 Å². The van der Waals surface area contributed by atoms with Crippen molar-refractivity contribution in [2.45, 2.75) is 26.2 Å². The molecular weight excluding hydrogens is 212 g/mol. The Morgan fingerprint density at radius 3 is 2.59 bits per heavy atom. The number of aromatic nitrogens is 2. The maximum atomic E-state index is 9.24. The van der Waals surface area contributed by atoms with E-state index in [2.05, 4.69) is 48.1 Å². The van der Waals surface area contributed by atoms with Gasteiger partial charge in [0.05, 0.1) is 18.5 Å². The van der Waals surface area contributed by atoms with E-state index in [1.54, 1.807) is 0 Å². The number of H-pyrrole nitrogens is 1. The second-order valence-corrected chi connectivity index (χ2v) is 4.34. The van der Waals surface area contributed by atoms with Gasteiger partial charge in [-0.05, 0) is 18.9 Å². The lowest BCUT2D eigenvalue weighted by Gasteiger charge is -2.07. The normalized spacial score (nSPS) is 12.6. The summed E-state index contributed by atoms with van der Waals surface area (Å²) in [6, 6.07) is 8.32. The van der Waals surface area contributed by atoms with Gasteiger partial charge < -0.3 is 10.1 Å². The summed E-state index contributed by atoms with van der Waals surface area (Å²) in [7, 11) is 0. The first-order chi connectivity index (χ1) is 8.24. The Hall–Kier alpha value is -1.61. The maximum absolute atomic E-state index is 9.24. The van der Waals surface area contributed by atoms with E-state index in [-0.39, 0.29) is 12.5 Å². The minimum Gasteiger partial charge on any atom is -0.396 e. The molecule has 1 aromatic carbocycles. The Morgan fingerprint density at radius 1 is 1.29 bits per heavy atom. The van der Waals surface area contributed by atoms with E-state index >= 15 is 0 Å². The molecule has 3 heteroatoms. The highest BCUT2D eigenvalue weighted by molar-refractivity contribution is 5.58. The molecule has 90 valence electrons. The summed E-state index contributed by atoms with van der Waals surface area (Å²) in [6.07, 6.45) is 2.72. The summed E-state index contributed by atoms with van der Waals surface area (Å²) < 4.78 is 0. The number of aryl methyl sites for hydroxylation is 1. The number of aliphatic hydroxyl groups is 1. The average Bonchev–Trinajstić information content (AvgIpc) is 2.81. The molecular formula is C14H18N2O. The Bertz CT molecular complexity index is 469. The van der Waals surface area contributed by atoms with Gasteiger partial charge >= 0.3 is 0 Å². The number of nitrogens with one attached hydrogen (secondary N) is 1. The fraction of sp³-hybridized carbons (Fsp3) is 0.357. The summed E-state index contributed by atoms with van der Waals surface area (Å²) in [5, 5.41) is 9.24. The van der Waals surface area contributed by atoms with Gasteiger partial charge in [0.25, 0.3) is 0 Å². The summed E-state index contributed by atoms with van der Waals surface area (Å²) in [5.41, 5.74) is 3.38. The second-order valence-electron chi connectivity index (χ2n) is 4.34. The SMILES string of the molecule is CCC(CO)c1ncc(-c2ccc(C)cc2)[nH]1. The van der Waals surface area contributed by atoms with Crippen molar-refractivity contribution in [3.05, 3.63) is 41.9 Å². The van der Waals surface area contributed by atoms with Crippen LogP contribution in [0.5, 0.6) is 0 Å². The molecule has 0 saturated heterocycles. The summed E-state index contributed by atoms with van der Waals surface area (Å²) in [4.78, 5) is 7.62. The zero-order valence-electron chi connectivity index (χ0n) is 10.3. The van der Waals surface area contributed by atoms with E-state index in [0.29, 0.717) is 0 Å². The molecule has 2 aromatic rings. The third-order valence-electron chi connectivity index (χ3n) is 3.06. The van der Waals surface area contributed by atoms with Crippen LogP contribution in [0.15, 0.2) is 30.5 Å². The van der Waals surface area contributed by atoms with Crippen molar-refractivity contribution in [1.82, 2.24) is 9.97 Å². The van der Waals surface area contributed by atoms with Crippen molar-refractivity contribution in [3.8, 4) is 11.3 Å². The van der Waals surface area contributed by atoms with Gasteiger partial charge in [-0.25, -0.2) is 4.98 Å². The predicted molar refractivity (Wildman–Crippen MR) is 68.9 cm³/mol. The van der Waals surface area contributed by atoms with Gasteiger partial charge in [-0.1, -0.05) is 36.8 Å². The summed E-state index contributed by atoms with van der Waals surface area (Å²) in [5.74, 6) is 0.972. The lowest BCUT2D eigenvalue weighted by Crippen LogP contribution is -2.04. The smallest absolute Gasteiger partial charge is 0.111 e. The van der Waals surface area contributed by atoms with Crippen molar-refractivity contribution >= 4 is 0 Å². The van der Waals surface area contributed by atoms with Crippen LogP contribution < -0.4 is 0 Å². The number of aromatic amines is 1. The molecule has 0 amide bonds. The lowest BCUT2D eigenvalue weighted by molar-refractivity contribution is 0.258. The molecule has 1 atom stereocenters. The van der Waals surface area contributed by atoms with Crippen LogP contribution in [0, 0.1) is 6.92 Å². The minimum atomic E-state index is 0.106. The van der Waals surface area contributed by atoms with Crippen molar-refractivity contribution in [2.24, 2.45) is 0 Å². The van der Waals surface area contributed by atoms with E-state index in [9.17, 15) is 5.11 Å². The zero-order chi connectivity index (χ0) is 12.3. The monoisotopic (exact) mass is 230 g/mol. The zero-order valence-corrected chi connectivity index (χ0v) is 10.3. The van der Waals surface area contributed by atoms with Crippen LogP contribution in [-0.2, 0) is 0 Å². The lowest BCUT2D eigenvalue weighted by atomic mass is 10.1. The molecule has 0 radical (unpaired) electrons. The number of hydrogen-bond donors (Lipinski definition) is 2. The predicted octanol–water partition coefficient (Wildman–Crippen LogP) is 2.87. The summed E-state index contributed by atoms with van der Waals surface area (Å²) >= 11 is 0. The van der Waals surface area contributed by atoms with Gasteiger partial charge in [-0.2, -0.15) is 0 Å². The number of imidazole rings is 1. The molecule has 1 heterocycles. The van der Waals surface area contributed by atoms with Crippen LogP contribution in [-0.4, -0.2) is 21.7 Å². The van der Waals surface area contributed by atoms with Gasteiger partial charge in [0.2, 0.25) is 0 Å². The molecule has 2 N–H and O–H groups in total. The van der Waals surface area contributed by atoms with Gasteiger partial charge in [0, 0.05) is 5.92 Å². The fourth-order valence-corrected chi connectivity index (χ4v) is 1.83. The molecule has 0 saturated carbocycles. The van der Waals surface area contributed by atoms with Crippen LogP contribution >= 0.6 is 0 Å². The van der Waals surface area contributed by atoms with Crippen molar-refractivity contribution in [1.29, 1.82) is 0 Å². The molecule has 17 heavy (non-hydrogen) atoms. The van der Waals surface area contributed by atoms with E-state index in [1.807, 2.05) is 6.20 Å². The summed E-state index contributed by atoms with van der Waals surface area (Å²) in [6.45, 7) is 4.26. The molecule has 0 fully saturated rings. The Kier molecular flexibility index (Phi) is 3.59. The standard InChI is InChI=1S/C14H18N2O/c1-3-11(9-17)14-15-8-13(16-14)12-6-4-10(2)5-7-12/h4-8,11,17H,3,9H2,1-2H3,(H,15,16). The molecule has 0 bridgehead atoms. The Labute approximate surface area is 102 Å². The van der Waals surface area contributed by atoms with Crippen LogP contribution in [0.2, 0.25) is 0 Å². The van der Waals surface area contributed by atoms with E-state index < -0.39 is 0 Å². The molecule has 2 rings (SSSR count). The molecule has 3 nitrogen and oxygen atoms in total. The first-order valence-corrected chi connectivity index (χ1v) is 5.97. The van der Waals surface area contributed by atoms with Crippen molar-refractivity contribution in [3.63, 3.8) is 0 Å². The largest absolute Gasteiger partial charge is 0.396 e. The van der Waals surface area contributed by atoms with Crippen molar-refractivity contribution < 1.29 is 5.11 Å². The molecule has 0 aliphatic heterocycles. The molecule has 0 spiro atoms. The number of rotatable bonds is 4. The Balaban J connectivity index is 2.26. The van der Waals surface area contributed by atoms with Crippen molar-refractivity contribution in [2.75, 3.05) is 6.61 Å². The third-order valence-corrected chi connectivity index (χ3v) is 3.06. The first-order valence-electron chi connectivity index (χ1n) is 5.97. The average molecular weight is 230 g/mol. The minimum absolute atomic E-state index is 0.106. The molecule has 1 unspecified atom stereocenters. The highest BCUT2D eigenvalue weighted by atomic mass is 16.3. The highest BCUT2D eigenvalue weighted by Crippen LogP contribution is 2.21. The van der Waals surface area contributed by atoms with Gasteiger partial charge in [0.15, 0.2) is 0 Å². The molecule has 1 aromatic heterocycles.